The zero-order valence-corrected chi connectivity index (χ0v) is 18.3. The molecule has 4 aromatic rings. The van der Waals surface area contributed by atoms with Gasteiger partial charge < -0.3 is 14.8 Å². The van der Waals surface area contributed by atoms with Crippen LogP contribution in [0.1, 0.15) is 21.1 Å². The average molecular weight is 435 g/mol. The van der Waals surface area contributed by atoms with Gasteiger partial charge >= 0.3 is 0 Å². The van der Waals surface area contributed by atoms with Gasteiger partial charge in [0.25, 0.3) is 5.91 Å². The highest BCUT2D eigenvalue weighted by Gasteiger charge is 2.22. The number of carbonyl (C=O) groups is 1. The summed E-state index contributed by atoms with van der Waals surface area (Å²) < 4.78 is 12.6. The number of carbonyl (C=O) groups excluding carboxylic acids is 1. The molecular weight excluding hydrogens is 412 g/mol. The fraction of sp³-hybridized carbons (Fsp3) is 0.174. The Balaban J connectivity index is 1.76. The number of ether oxygens (including phenoxy) is 2. The first kappa shape index (κ1) is 20.6. The summed E-state index contributed by atoms with van der Waals surface area (Å²) in [6.45, 7) is 2.28. The number of thiazole rings is 1. The van der Waals surface area contributed by atoms with Gasteiger partial charge in [-0.15, -0.1) is 11.3 Å². The number of aryl methyl sites for hydroxylation is 1. The molecule has 0 fully saturated rings. The highest BCUT2D eigenvalue weighted by molar-refractivity contribution is 7.09. The second-order valence-corrected chi connectivity index (χ2v) is 7.75. The standard InChI is InChI=1S/C23H22N4O3S/c1-15-14-31-21(25-15)12-24-23(28)19-13-27(16-7-5-4-6-8-16)26-22(19)18-11-17(29-2)9-10-20(18)30-3/h4-11,13-14H,12H2,1-3H3,(H,24,28). The van der Waals surface area contributed by atoms with E-state index in [2.05, 4.69) is 10.3 Å². The Labute approximate surface area is 184 Å². The van der Waals surface area contributed by atoms with Crippen LogP contribution < -0.4 is 14.8 Å². The minimum atomic E-state index is -0.241. The maximum absolute atomic E-state index is 13.2. The summed E-state index contributed by atoms with van der Waals surface area (Å²) in [4.78, 5) is 17.6. The molecule has 0 saturated heterocycles. The molecule has 0 aliphatic rings. The van der Waals surface area contributed by atoms with Gasteiger partial charge in [0.05, 0.1) is 32.0 Å². The number of nitrogens with zero attached hydrogens (tertiary/aromatic N) is 3. The zero-order valence-electron chi connectivity index (χ0n) is 17.5. The summed E-state index contributed by atoms with van der Waals surface area (Å²) in [6.07, 6.45) is 1.73. The van der Waals surface area contributed by atoms with Gasteiger partial charge in [-0.25, -0.2) is 9.67 Å². The Bertz CT molecular complexity index is 1200. The molecule has 1 N–H and O–H groups in total. The molecule has 0 radical (unpaired) electrons. The van der Waals surface area contributed by atoms with Crippen molar-refractivity contribution in [2.45, 2.75) is 13.5 Å². The van der Waals surface area contributed by atoms with Crippen LogP contribution in [0.2, 0.25) is 0 Å². The molecule has 0 saturated carbocycles. The Hall–Kier alpha value is -3.65. The van der Waals surface area contributed by atoms with E-state index in [0.717, 1.165) is 16.4 Å². The van der Waals surface area contributed by atoms with Gasteiger partial charge in [0.2, 0.25) is 0 Å². The number of hydrogen-bond acceptors (Lipinski definition) is 6. The van der Waals surface area contributed by atoms with Crippen LogP contribution in [-0.2, 0) is 6.54 Å². The zero-order chi connectivity index (χ0) is 21.8. The van der Waals surface area contributed by atoms with E-state index in [0.29, 0.717) is 34.9 Å². The first-order valence-corrected chi connectivity index (χ1v) is 10.5. The van der Waals surface area contributed by atoms with Crippen molar-refractivity contribution in [2.75, 3.05) is 14.2 Å². The molecule has 158 valence electrons. The molecule has 0 aliphatic carbocycles. The van der Waals surface area contributed by atoms with Crippen LogP contribution in [-0.4, -0.2) is 34.9 Å². The van der Waals surface area contributed by atoms with Crippen LogP contribution in [0.4, 0.5) is 0 Å². The van der Waals surface area contributed by atoms with Crippen molar-refractivity contribution in [1.29, 1.82) is 0 Å². The van der Waals surface area contributed by atoms with E-state index in [9.17, 15) is 4.79 Å². The number of hydrogen-bond donors (Lipinski definition) is 1. The van der Waals surface area contributed by atoms with Gasteiger partial charge in [-0.2, -0.15) is 5.10 Å². The first-order valence-electron chi connectivity index (χ1n) is 9.65. The van der Waals surface area contributed by atoms with Crippen molar-refractivity contribution < 1.29 is 14.3 Å². The minimum Gasteiger partial charge on any atom is -0.497 e. The molecule has 0 aliphatic heterocycles. The van der Waals surface area contributed by atoms with Crippen LogP contribution >= 0.6 is 11.3 Å². The van der Waals surface area contributed by atoms with E-state index in [1.165, 1.54) is 11.3 Å². The van der Waals surface area contributed by atoms with Gasteiger partial charge in [0.15, 0.2) is 0 Å². The largest absolute Gasteiger partial charge is 0.497 e. The highest BCUT2D eigenvalue weighted by Crippen LogP contribution is 2.35. The van der Waals surface area contributed by atoms with Crippen molar-refractivity contribution in [3.63, 3.8) is 0 Å². The van der Waals surface area contributed by atoms with E-state index in [-0.39, 0.29) is 5.91 Å². The third-order valence-corrected chi connectivity index (χ3v) is 5.67. The Kier molecular flexibility index (Phi) is 5.99. The van der Waals surface area contributed by atoms with Gasteiger partial charge in [-0.05, 0) is 37.3 Å². The third kappa shape index (κ3) is 4.44. The Morgan fingerprint density at radius 1 is 1.13 bits per heavy atom. The number of methoxy groups -OCH3 is 2. The van der Waals surface area contributed by atoms with Gasteiger partial charge in [-0.3, -0.25) is 4.79 Å². The maximum Gasteiger partial charge on any atom is 0.255 e. The van der Waals surface area contributed by atoms with E-state index < -0.39 is 0 Å². The lowest BCUT2D eigenvalue weighted by Crippen LogP contribution is -2.23. The summed E-state index contributed by atoms with van der Waals surface area (Å²) in [6, 6.07) is 15.1. The van der Waals surface area contributed by atoms with Crippen molar-refractivity contribution >= 4 is 17.2 Å². The fourth-order valence-electron chi connectivity index (χ4n) is 3.19. The van der Waals surface area contributed by atoms with Gasteiger partial charge in [-0.1, -0.05) is 18.2 Å². The lowest BCUT2D eigenvalue weighted by molar-refractivity contribution is 0.0951. The number of nitrogens with one attached hydrogen (secondary N) is 1. The monoisotopic (exact) mass is 434 g/mol. The molecule has 0 unspecified atom stereocenters. The number of aromatic nitrogens is 3. The van der Waals surface area contributed by atoms with Crippen molar-refractivity contribution in [3.8, 4) is 28.4 Å². The van der Waals surface area contributed by atoms with E-state index >= 15 is 0 Å². The average Bonchev–Trinajstić information content (AvgIpc) is 3.44. The molecule has 0 atom stereocenters. The summed E-state index contributed by atoms with van der Waals surface area (Å²) >= 11 is 1.52. The number of para-hydroxylation sites is 1. The SMILES string of the molecule is COc1ccc(OC)c(-c2nn(-c3ccccc3)cc2C(=O)NCc2nc(C)cs2)c1. The molecule has 0 bridgehead atoms. The number of benzene rings is 2. The third-order valence-electron chi connectivity index (χ3n) is 4.71. The topological polar surface area (TPSA) is 78.3 Å². The molecule has 2 aromatic carbocycles. The van der Waals surface area contributed by atoms with Crippen LogP contribution in [0.5, 0.6) is 11.5 Å². The second kappa shape index (κ2) is 9.01. The van der Waals surface area contributed by atoms with E-state index in [4.69, 9.17) is 14.6 Å². The predicted molar refractivity (Wildman–Crippen MR) is 120 cm³/mol. The molecule has 7 nitrogen and oxygen atoms in total. The molecular formula is C23H22N4O3S. The molecule has 2 aromatic heterocycles. The van der Waals surface area contributed by atoms with Crippen molar-refractivity contribution in [1.82, 2.24) is 20.1 Å². The highest BCUT2D eigenvalue weighted by atomic mass is 32.1. The van der Waals surface area contributed by atoms with Crippen molar-refractivity contribution in [3.05, 3.63) is 76.4 Å². The lowest BCUT2D eigenvalue weighted by atomic mass is 10.1. The molecule has 2 heterocycles. The second-order valence-electron chi connectivity index (χ2n) is 6.80. The van der Waals surface area contributed by atoms with Crippen LogP contribution in [0.3, 0.4) is 0 Å². The molecule has 8 heteroatoms. The van der Waals surface area contributed by atoms with Gasteiger partial charge in [0, 0.05) is 22.8 Å². The maximum atomic E-state index is 13.2. The fourth-order valence-corrected chi connectivity index (χ4v) is 3.90. The molecule has 4 rings (SSSR count). The summed E-state index contributed by atoms with van der Waals surface area (Å²) in [5, 5.41) is 10.5. The normalized spacial score (nSPS) is 10.7. The van der Waals surface area contributed by atoms with Crippen LogP contribution in [0.15, 0.2) is 60.1 Å². The predicted octanol–water partition coefficient (Wildman–Crippen LogP) is 4.25. The number of amides is 1. The smallest absolute Gasteiger partial charge is 0.255 e. The molecule has 31 heavy (non-hydrogen) atoms. The Morgan fingerprint density at radius 3 is 2.61 bits per heavy atom. The number of rotatable bonds is 7. The molecule has 0 spiro atoms. The Morgan fingerprint density at radius 2 is 1.94 bits per heavy atom. The van der Waals surface area contributed by atoms with E-state index in [1.54, 1.807) is 37.2 Å². The summed E-state index contributed by atoms with van der Waals surface area (Å²) in [5.74, 6) is 1.01. The van der Waals surface area contributed by atoms with Gasteiger partial charge in [0.1, 0.15) is 22.2 Å². The summed E-state index contributed by atoms with van der Waals surface area (Å²) in [5.41, 5.74) is 3.40. The quantitative estimate of drug-likeness (QED) is 0.470. The lowest BCUT2D eigenvalue weighted by Gasteiger charge is -2.10. The molecule has 1 amide bonds. The minimum absolute atomic E-state index is 0.241. The van der Waals surface area contributed by atoms with E-state index in [1.807, 2.05) is 48.7 Å². The van der Waals surface area contributed by atoms with Crippen molar-refractivity contribution in [2.24, 2.45) is 0 Å². The summed E-state index contributed by atoms with van der Waals surface area (Å²) in [7, 11) is 3.18. The van der Waals surface area contributed by atoms with Crippen LogP contribution in [0.25, 0.3) is 16.9 Å². The van der Waals surface area contributed by atoms with Crippen LogP contribution in [0, 0.1) is 6.92 Å². The first-order chi connectivity index (χ1) is 15.1.